The van der Waals surface area contributed by atoms with Crippen molar-refractivity contribution in [2.75, 3.05) is 12.4 Å². The van der Waals surface area contributed by atoms with Gasteiger partial charge in [0.05, 0.1) is 19.0 Å². The van der Waals surface area contributed by atoms with E-state index in [1.165, 1.54) is 0 Å². The van der Waals surface area contributed by atoms with Crippen molar-refractivity contribution < 1.29 is 9.53 Å². The van der Waals surface area contributed by atoms with E-state index in [0.29, 0.717) is 17.0 Å². The lowest BCUT2D eigenvalue weighted by Crippen LogP contribution is -2.18. The maximum atomic E-state index is 12.7. The molecule has 7 heteroatoms. The first kappa shape index (κ1) is 17.7. The van der Waals surface area contributed by atoms with Crippen LogP contribution in [0.25, 0.3) is 16.8 Å². The van der Waals surface area contributed by atoms with E-state index in [1.54, 1.807) is 24.7 Å². The maximum absolute atomic E-state index is 12.7. The molecule has 0 aliphatic heterocycles. The molecule has 4 rings (SSSR count). The number of methoxy groups -OCH3 is 1. The lowest BCUT2D eigenvalue weighted by Gasteiger charge is -2.08. The first-order valence-corrected chi connectivity index (χ1v) is 8.80. The highest BCUT2D eigenvalue weighted by atomic mass is 16.5. The Morgan fingerprint density at radius 1 is 1.07 bits per heavy atom. The number of nitrogens with zero attached hydrogens (tertiary/aromatic N) is 4. The van der Waals surface area contributed by atoms with Crippen LogP contribution < -0.4 is 10.1 Å². The smallest absolute Gasteiger partial charge is 0.278 e. The molecule has 0 fully saturated rings. The Bertz CT molecular complexity index is 1170. The zero-order valence-corrected chi connectivity index (χ0v) is 15.8. The summed E-state index contributed by atoms with van der Waals surface area (Å²) in [6, 6.07) is 15.2. The zero-order valence-electron chi connectivity index (χ0n) is 15.8. The van der Waals surface area contributed by atoms with Crippen LogP contribution in [0.4, 0.5) is 5.69 Å². The first-order chi connectivity index (χ1) is 13.6. The summed E-state index contributed by atoms with van der Waals surface area (Å²) >= 11 is 0. The largest absolute Gasteiger partial charge is 0.497 e. The van der Waals surface area contributed by atoms with Gasteiger partial charge in [-0.05, 0) is 49.2 Å². The summed E-state index contributed by atoms with van der Waals surface area (Å²) in [6.07, 6.45) is 1.72. The molecular weight excluding hydrogens is 354 g/mol. The van der Waals surface area contributed by atoms with Crippen molar-refractivity contribution in [2.45, 2.75) is 13.8 Å². The minimum absolute atomic E-state index is 0.235. The lowest BCUT2D eigenvalue weighted by atomic mass is 10.1. The number of aromatic nitrogens is 4. The average molecular weight is 373 g/mol. The Hall–Kier alpha value is -3.74. The summed E-state index contributed by atoms with van der Waals surface area (Å²) < 4.78 is 6.83. The maximum Gasteiger partial charge on any atom is 0.278 e. The van der Waals surface area contributed by atoms with Crippen LogP contribution in [0.5, 0.6) is 5.75 Å². The molecule has 0 unspecified atom stereocenters. The number of carbonyl (C=O) groups is 1. The summed E-state index contributed by atoms with van der Waals surface area (Å²) in [5, 5.41) is 15.7. The third kappa shape index (κ3) is 3.18. The highest BCUT2D eigenvalue weighted by Gasteiger charge is 2.18. The van der Waals surface area contributed by atoms with E-state index in [9.17, 15) is 4.79 Å². The van der Waals surface area contributed by atoms with Crippen molar-refractivity contribution in [1.29, 1.82) is 0 Å². The van der Waals surface area contributed by atoms with Crippen molar-refractivity contribution in [3.8, 4) is 16.9 Å². The molecular formula is C21H19N5O2. The van der Waals surface area contributed by atoms with Crippen LogP contribution >= 0.6 is 0 Å². The van der Waals surface area contributed by atoms with Crippen LogP contribution in [0.2, 0.25) is 0 Å². The van der Waals surface area contributed by atoms with Crippen molar-refractivity contribution in [3.05, 3.63) is 71.7 Å². The summed E-state index contributed by atoms with van der Waals surface area (Å²) in [7, 11) is 1.63. The quantitative estimate of drug-likeness (QED) is 0.590. The van der Waals surface area contributed by atoms with Gasteiger partial charge in [0.25, 0.3) is 5.91 Å². The third-order valence-electron chi connectivity index (χ3n) is 4.54. The molecule has 2 aromatic heterocycles. The van der Waals surface area contributed by atoms with Crippen LogP contribution in [-0.4, -0.2) is 32.8 Å². The number of rotatable bonds is 4. The fourth-order valence-corrected chi connectivity index (χ4v) is 3.05. The van der Waals surface area contributed by atoms with E-state index in [0.717, 1.165) is 22.4 Å². The molecule has 7 nitrogen and oxygen atoms in total. The average Bonchev–Trinajstić information content (AvgIpc) is 3.13. The molecule has 2 aromatic carbocycles. The molecule has 0 bridgehead atoms. The van der Waals surface area contributed by atoms with Gasteiger partial charge in [-0.2, -0.15) is 5.10 Å². The van der Waals surface area contributed by atoms with E-state index < -0.39 is 0 Å². The van der Waals surface area contributed by atoms with Crippen LogP contribution in [0.1, 0.15) is 21.7 Å². The number of nitrogens with one attached hydrogen (secondary N) is 1. The first-order valence-electron chi connectivity index (χ1n) is 8.80. The predicted octanol–water partition coefficient (Wildman–Crippen LogP) is 3.67. The number of hydrogen-bond acceptors (Lipinski definition) is 5. The van der Waals surface area contributed by atoms with E-state index in [1.807, 2.05) is 55.5 Å². The third-order valence-corrected chi connectivity index (χ3v) is 4.54. The number of aryl methyl sites for hydroxylation is 2. The Morgan fingerprint density at radius 3 is 2.57 bits per heavy atom. The van der Waals surface area contributed by atoms with Crippen molar-refractivity contribution >= 4 is 17.2 Å². The predicted molar refractivity (Wildman–Crippen MR) is 107 cm³/mol. The summed E-state index contributed by atoms with van der Waals surface area (Å²) in [4.78, 5) is 12.7. The summed E-state index contributed by atoms with van der Waals surface area (Å²) in [6.45, 7) is 3.77. The Labute approximate surface area is 162 Å². The van der Waals surface area contributed by atoms with Crippen molar-refractivity contribution in [2.24, 2.45) is 0 Å². The number of carbonyl (C=O) groups excluding carboxylic acids is 1. The summed E-state index contributed by atoms with van der Waals surface area (Å²) in [5.74, 6) is 0.455. The normalized spacial score (nSPS) is 10.8. The molecule has 1 amide bonds. The number of amides is 1. The summed E-state index contributed by atoms with van der Waals surface area (Å²) in [5.41, 5.74) is 5.01. The van der Waals surface area contributed by atoms with Crippen LogP contribution in [0.15, 0.2) is 54.7 Å². The van der Waals surface area contributed by atoms with Crippen LogP contribution in [-0.2, 0) is 0 Å². The second kappa shape index (κ2) is 7.11. The highest BCUT2D eigenvalue weighted by Crippen LogP contribution is 2.26. The van der Waals surface area contributed by atoms with Crippen LogP contribution in [0, 0.1) is 13.8 Å². The van der Waals surface area contributed by atoms with E-state index >= 15 is 0 Å². The molecule has 0 atom stereocenters. The van der Waals surface area contributed by atoms with Gasteiger partial charge in [-0.25, -0.2) is 4.52 Å². The van der Waals surface area contributed by atoms with Gasteiger partial charge >= 0.3 is 0 Å². The number of hydrogen-bond donors (Lipinski definition) is 1. The molecule has 2 heterocycles. The zero-order chi connectivity index (χ0) is 19.7. The van der Waals surface area contributed by atoms with Crippen molar-refractivity contribution in [1.82, 2.24) is 19.8 Å². The molecule has 0 radical (unpaired) electrons. The van der Waals surface area contributed by atoms with Gasteiger partial charge in [-0.3, -0.25) is 4.79 Å². The van der Waals surface area contributed by atoms with Gasteiger partial charge in [0.1, 0.15) is 5.75 Å². The van der Waals surface area contributed by atoms with Crippen molar-refractivity contribution in [3.63, 3.8) is 0 Å². The Morgan fingerprint density at radius 2 is 1.86 bits per heavy atom. The van der Waals surface area contributed by atoms with Gasteiger partial charge < -0.3 is 10.1 Å². The standard InChI is InChI=1S/C21H19N5O2/c1-13-5-4-6-16(11-13)23-21(27)19-14(2)26-20(25-24-19)18(12-22-26)15-7-9-17(28-3)10-8-15/h4-12H,1-3H3,(H,23,27). The molecule has 0 saturated heterocycles. The minimum Gasteiger partial charge on any atom is -0.497 e. The van der Waals surface area contributed by atoms with E-state index in [4.69, 9.17) is 4.74 Å². The van der Waals surface area contributed by atoms with Gasteiger partial charge in [-0.1, -0.05) is 24.3 Å². The molecule has 140 valence electrons. The Kier molecular flexibility index (Phi) is 4.49. The van der Waals surface area contributed by atoms with Crippen LogP contribution in [0.3, 0.4) is 0 Å². The van der Waals surface area contributed by atoms with Gasteiger partial charge in [0.15, 0.2) is 11.3 Å². The number of fused-ring (bicyclic) bond motifs is 1. The lowest BCUT2D eigenvalue weighted by molar-refractivity contribution is 0.102. The molecule has 0 spiro atoms. The Balaban J connectivity index is 1.68. The van der Waals surface area contributed by atoms with E-state index in [2.05, 4.69) is 20.6 Å². The number of ether oxygens (including phenoxy) is 1. The number of anilines is 1. The highest BCUT2D eigenvalue weighted by molar-refractivity contribution is 6.03. The monoisotopic (exact) mass is 373 g/mol. The molecule has 28 heavy (non-hydrogen) atoms. The SMILES string of the molecule is COc1ccc(-c2cnn3c(C)c(C(=O)Nc4cccc(C)c4)nnc23)cc1. The van der Waals surface area contributed by atoms with Gasteiger partial charge in [-0.15, -0.1) is 10.2 Å². The number of benzene rings is 2. The minimum atomic E-state index is -0.320. The second-order valence-electron chi connectivity index (χ2n) is 6.48. The molecule has 0 aliphatic rings. The molecule has 1 N–H and O–H groups in total. The topological polar surface area (TPSA) is 81.4 Å². The fourth-order valence-electron chi connectivity index (χ4n) is 3.05. The van der Waals surface area contributed by atoms with E-state index in [-0.39, 0.29) is 11.6 Å². The van der Waals surface area contributed by atoms with Gasteiger partial charge in [0, 0.05) is 11.3 Å². The second-order valence-corrected chi connectivity index (χ2v) is 6.48. The fraction of sp³-hybridized carbons (Fsp3) is 0.143. The molecule has 0 saturated carbocycles. The molecule has 4 aromatic rings. The van der Waals surface area contributed by atoms with Gasteiger partial charge in [0.2, 0.25) is 0 Å². The molecule has 0 aliphatic carbocycles.